The van der Waals surface area contributed by atoms with Crippen LogP contribution in [0, 0.1) is 11.3 Å². The van der Waals surface area contributed by atoms with Crippen LogP contribution in [0.2, 0.25) is 0 Å². The Balaban J connectivity index is 2.03. The molecule has 0 heterocycles. The summed E-state index contributed by atoms with van der Waals surface area (Å²) in [7, 11) is 0. The number of carboxylic acids is 1. The third-order valence-corrected chi connectivity index (χ3v) is 3.77. The summed E-state index contributed by atoms with van der Waals surface area (Å²) < 4.78 is 0. The summed E-state index contributed by atoms with van der Waals surface area (Å²) in [6.07, 6.45) is 7.78. The average Bonchev–Trinajstić information content (AvgIpc) is 2.05. The van der Waals surface area contributed by atoms with Gasteiger partial charge in [-0.3, -0.25) is 4.79 Å². The minimum atomic E-state index is -0.602. The second-order valence-corrected chi connectivity index (χ2v) is 4.55. The van der Waals surface area contributed by atoms with Crippen LogP contribution in [0.3, 0.4) is 0 Å². The standard InChI is InChI=1S/C10H16O2/c11-9(12)7-10-4-1-8(2-5-10)3-6-10/h8H,1-7H2,(H,11,12). The zero-order valence-corrected chi connectivity index (χ0v) is 7.38. The van der Waals surface area contributed by atoms with Crippen molar-refractivity contribution in [1.29, 1.82) is 0 Å². The van der Waals surface area contributed by atoms with E-state index < -0.39 is 5.97 Å². The molecule has 0 atom stereocenters. The number of carbonyl (C=O) groups is 1. The van der Waals surface area contributed by atoms with Gasteiger partial charge in [-0.1, -0.05) is 0 Å². The van der Waals surface area contributed by atoms with E-state index in [9.17, 15) is 4.79 Å². The molecule has 0 spiro atoms. The van der Waals surface area contributed by atoms with E-state index in [4.69, 9.17) is 5.11 Å². The van der Waals surface area contributed by atoms with Crippen LogP contribution >= 0.6 is 0 Å². The van der Waals surface area contributed by atoms with Crippen molar-refractivity contribution in [2.24, 2.45) is 11.3 Å². The Hall–Kier alpha value is -0.530. The maximum Gasteiger partial charge on any atom is 0.303 e. The third kappa shape index (κ3) is 1.35. The van der Waals surface area contributed by atoms with Crippen molar-refractivity contribution in [3.05, 3.63) is 0 Å². The van der Waals surface area contributed by atoms with Crippen LogP contribution in [0.15, 0.2) is 0 Å². The van der Waals surface area contributed by atoms with Gasteiger partial charge in [0.15, 0.2) is 0 Å². The molecule has 0 radical (unpaired) electrons. The number of hydrogen-bond acceptors (Lipinski definition) is 1. The summed E-state index contributed by atoms with van der Waals surface area (Å²) in [5, 5.41) is 8.78. The van der Waals surface area contributed by atoms with E-state index in [0.717, 1.165) is 5.92 Å². The zero-order chi connectivity index (χ0) is 8.60. The van der Waals surface area contributed by atoms with Gasteiger partial charge < -0.3 is 5.11 Å². The summed E-state index contributed by atoms with van der Waals surface area (Å²) in [5.74, 6) is 0.330. The number of carboxylic acid groups (broad SMARTS) is 1. The van der Waals surface area contributed by atoms with Gasteiger partial charge in [0.05, 0.1) is 6.42 Å². The van der Waals surface area contributed by atoms with Crippen LogP contribution in [-0.2, 0) is 4.79 Å². The van der Waals surface area contributed by atoms with E-state index in [1.165, 1.54) is 38.5 Å². The highest BCUT2D eigenvalue weighted by Crippen LogP contribution is 2.52. The van der Waals surface area contributed by atoms with Gasteiger partial charge >= 0.3 is 5.97 Å². The molecule has 0 aromatic heterocycles. The van der Waals surface area contributed by atoms with Crippen molar-refractivity contribution >= 4 is 5.97 Å². The molecule has 3 aliphatic rings. The summed E-state index contributed by atoms with van der Waals surface area (Å²) in [4.78, 5) is 10.6. The zero-order valence-electron chi connectivity index (χ0n) is 7.38. The molecule has 3 fully saturated rings. The lowest BCUT2D eigenvalue weighted by molar-refractivity contribution is -0.141. The van der Waals surface area contributed by atoms with E-state index in [0.29, 0.717) is 6.42 Å². The van der Waals surface area contributed by atoms with Crippen molar-refractivity contribution in [3.63, 3.8) is 0 Å². The first-order chi connectivity index (χ1) is 5.70. The molecule has 0 amide bonds. The summed E-state index contributed by atoms with van der Waals surface area (Å²) in [5.41, 5.74) is 0.209. The van der Waals surface area contributed by atoms with E-state index in [2.05, 4.69) is 0 Å². The molecule has 1 N–H and O–H groups in total. The lowest BCUT2D eigenvalue weighted by atomic mass is 9.59. The van der Waals surface area contributed by atoms with Crippen LogP contribution in [-0.4, -0.2) is 11.1 Å². The van der Waals surface area contributed by atoms with Gasteiger partial charge in [0, 0.05) is 0 Å². The van der Waals surface area contributed by atoms with E-state index in [1.54, 1.807) is 0 Å². The first-order valence-electron chi connectivity index (χ1n) is 4.92. The predicted molar refractivity (Wildman–Crippen MR) is 45.9 cm³/mol. The summed E-state index contributed by atoms with van der Waals surface area (Å²) >= 11 is 0. The van der Waals surface area contributed by atoms with Crippen LogP contribution in [0.25, 0.3) is 0 Å². The van der Waals surface area contributed by atoms with Crippen LogP contribution in [0.5, 0.6) is 0 Å². The highest BCUT2D eigenvalue weighted by atomic mass is 16.4. The van der Waals surface area contributed by atoms with Gasteiger partial charge in [-0.05, 0) is 49.9 Å². The van der Waals surface area contributed by atoms with Crippen molar-refractivity contribution in [2.45, 2.75) is 44.9 Å². The Labute approximate surface area is 73.0 Å². The fraction of sp³-hybridized carbons (Fsp3) is 0.900. The van der Waals surface area contributed by atoms with E-state index in [1.807, 2.05) is 0 Å². The Kier molecular flexibility index (Phi) is 1.85. The first-order valence-corrected chi connectivity index (χ1v) is 4.92. The van der Waals surface area contributed by atoms with Gasteiger partial charge in [0.2, 0.25) is 0 Å². The lowest BCUT2D eigenvalue weighted by Gasteiger charge is -2.45. The topological polar surface area (TPSA) is 37.3 Å². The molecule has 2 heteroatoms. The van der Waals surface area contributed by atoms with Crippen molar-refractivity contribution in [3.8, 4) is 0 Å². The van der Waals surface area contributed by atoms with Crippen LogP contribution in [0.1, 0.15) is 44.9 Å². The van der Waals surface area contributed by atoms with Crippen molar-refractivity contribution < 1.29 is 9.90 Å². The minimum Gasteiger partial charge on any atom is -0.481 e. The number of aliphatic carboxylic acids is 1. The van der Waals surface area contributed by atoms with Gasteiger partial charge in [0.25, 0.3) is 0 Å². The lowest BCUT2D eigenvalue weighted by Crippen LogP contribution is -2.35. The molecule has 3 saturated carbocycles. The molecular weight excluding hydrogens is 152 g/mol. The SMILES string of the molecule is O=C(O)CC12CCC(CC1)CC2. The van der Waals surface area contributed by atoms with Crippen molar-refractivity contribution in [1.82, 2.24) is 0 Å². The molecule has 2 nitrogen and oxygen atoms in total. The Morgan fingerprint density at radius 3 is 2.17 bits per heavy atom. The van der Waals surface area contributed by atoms with E-state index >= 15 is 0 Å². The average molecular weight is 168 g/mol. The minimum absolute atomic E-state index is 0.209. The quantitative estimate of drug-likeness (QED) is 0.687. The number of fused-ring (bicyclic) bond motifs is 3. The largest absolute Gasteiger partial charge is 0.481 e. The molecular formula is C10H16O2. The fourth-order valence-electron chi connectivity index (χ4n) is 2.92. The molecule has 0 saturated heterocycles. The second kappa shape index (κ2) is 2.75. The molecule has 2 bridgehead atoms. The van der Waals surface area contributed by atoms with Gasteiger partial charge in [0.1, 0.15) is 0 Å². The predicted octanol–water partition coefficient (Wildman–Crippen LogP) is 2.43. The number of hydrogen-bond donors (Lipinski definition) is 1. The highest BCUT2D eigenvalue weighted by molar-refractivity contribution is 5.67. The molecule has 12 heavy (non-hydrogen) atoms. The van der Waals surface area contributed by atoms with Crippen LogP contribution in [0.4, 0.5) is 0 Å². The smallest absolute Gasteiger partial charge is 0.303 e. The fourth-order valence-corrected chi connectivity index (χ4v) is 2.92. The number of rotatable bonds is 2. The van der Waals surface area contributed by atoms with Crippen LogP contribution < -0.4 is 0 Å². The summed E-state index contributed by atoms with van der Waals surface area (Å²) in [6.45, 7) is 0. The van der Waals surface area contributed by atoms with Gasteiger partial charge in [-0.25, -0.2) is 0 Å². The molecule has 3 aliphatic carbocycles. The normalized spacial score (nSPS) is 39.8. The third-order valence-electron chi connectivity index (χ3n) is 3.77. The Morgan fingerprint density at radius 1 is 1.25 bits per heavy atom. The Bertz CT molecular complexity index is 176. The molecule has 0 aromatic carbocycles. The molecule has 0 aliphatic heterocycles. The van der Waals surface area contributed by atoms with Gasteiger partial charge in [-0.2, -0.15) is 0 Å². The maximum absolute atomic E-state index is 10.6. The molecule has 0 unspecified atom stereocenters. The maximum atomic E-state index is 10.6. The monoisotopic (exact) mass is 168 g/mol. The first kappa shape index (κ1) is 8.09. The van der Waals surface area contributed by atoms with E-state index in [-0.39, 0.29) is 5.41 Å². The molecule has 0 aromatic rings. The highest BCUT2D eigenvalue weighted by Gasteiger charge is 2.41. The molecule has 3 rings (SSSR count). The summed E-state index contributed by atoms with van der Waals surface area (Å²) in [6, 6.07) is 0. The van der Waals surface area contributed by atoms with Crippen molar-refractivity contribution in [2.75, 3.05) is 0 Å². The Morgan fingerprint density at radius 2 is 1.75 bits per heavy atom. The molecule has 68 valence electrons. The second-order valence-electron chi connectivity index (χ2n) is 4.55. The van der Waals surface area contributed by atoms with Gasteiger partial charge in [-0.15, -0.1) is 0 Å².